The summed E-state index contributed by atoms with van der Waals surface area (Å²) < 4.78 is 0. The van der Waals surface area contributed by atoms with E-state index in [4.69, 9.17) is 11.6 Å². The lowest BCUT2D eigenvalue weighted by Gasteiger charge is -2.06. The molecule has 1 aromatic rings. The molecule has 0 saturated carbocycles. The molecule has 13 heavy (non-hydrogen) atoms. The molecule has 1 atom stereocenters. The first-order chi connectivity index (χ1) is 5.86. The fourth-order valence-electron chi connectivity index (χ4n) is 1.54. The van der Waals surface area contributed by atoms with Crippen LogP contribution in [0.4, 0.5) is 0 Å². The number of nitrogens with one attached hydrogen (secondary N) is 1. The molecular weight excluding hydrogens is 207 g/mol. The van der Waals surface area contributed by atoms with Gasteiger partial charge in [0, 0.05) is 24.4 Å². The van der Waals surface area contributed by atoms with Gasteiger partial charge in [0.1, 0.15) is 0 Å². The summed E-state index contributed by atoms with van der Waals surface area (Å²) >= 11 is 5.74. The highest BCUT2D eigenvalue weighted by molar-refractivity contribution is 6.30. The number of nitrogens with zero attached hydrogens (tertiary/aromatic N) is 1. The molecule has 2 rings (SSSR count). The van der Waals surface area contributed by atoms with Crippen LogP contribution in [0.2, 0.25) is 5.02 Å². The minimum atomic E-state index is 0. The van der Waals surface area contributed by atoms with Gasteiger partial charge in [-0.2, -0.15) is 0 Å². The van der Waals surface area contributed by atoms with Crippen molar-refractivity contribution in [2.24, 2.45) is 0 Å². The van der Waals surface area contributed by atoms with E-state index in [9.17, 15) is 0 Å². The second-order valence-corrected chi connectivity index (χ2v) is 3.53. The van der Waals surface area contributed by atoms with Gasteiger partial charge in [-0.15, -0.1) is 12.4 Å². The maximum atomic E-state index is 5.74. The minimum absolute atomic E-state index is 0. The van der Waals surface area contributed by atoms with E-state index in [0.29, 0.717) is 10.9 Å². The summed E-state index contributed by atoms with van der Waals surface area (Å²) in [4.78, 5) is 4.29. The van der Waals surface area contributed by atoms with E-state index in [1.54, 1.807) is 6.20 Å². The predicted molar refractivity (Wildman–Crippen MR) is 56.7 cm³/mol. The van der Waals surface area contributed by atoms with Crippen molar-refractivity contribution in [3.05, 3.63) is 29.0 Å². The number of hydrogen-bond donors (Lipinski definition) is 1. The number of rotatable bonds is 1. The lowest BCUT2D eigenvalue weighted by atomic mass is 10.0. The van der Waals surface area contributed by atoms with Gasteiger partial charge in [0.15, 0.2) is 0 Å². The predicted octanol–water partition coefficient (Wildman–Crippen LogP) is 2.23. The van der Waals surface area contributed by atoms with Crippen molar-refractivity contribution in [2.45, 2.75) is 12.3 Å². The van der Waals surface area contributed by atoms with Crippen molar-refractivity contribution < 1.29 is 0 Å². The SMILES string of the molecule is Cl.Clc1ccc(C2CCNC2)nc1. The van der Waals surface area contributed by atoms with Crippen LogP contribution < -0.4 is 5.32 Å². The summed E-state index contributed by atoms with van der Waals surface area (Å²) in [6.07, 6.45) is 2.91. The van der Waals surface area contributed by atoms with Crippen molar-refractivity contribution in [1.29, 1.82) is 0 Å². The summed E-state index contributed by atoms with van der Waals surface area (Å²) in [5.74, 6) is 0.585. The molecule has 1 saturated heterocycles. The first kappa shape index (κ1) is 10.8. The molecule has 2 nitrogen and oxygen atoms in total. The zero-order valence-corrected chi connectivity index (χ0v) is 8.74. The third-order valence-corrected chi connectivity index (χ3v) is 2.45. The number of halogens is 2. The lowest BCUT2D eigenvalue weighted by molar-refractivity contribution is 0.735. The van der Waals surface area contributed by atoms with Crippen molar-refractivity contribution in [1.82, 2.24) is 10.3 Å². The van der Waals surface area contributed by atoms with Crippen LogP contribution in [0, 0.1) is 0 Å². The Hall–Kier alpha value is -0.310. The van der Waals surface area contributed by atoms with E-state index in [2.05, 4.69) is 10.3 Å². The topological polar surface area (TPSA) is 24.9 Å². The smallest absolute Gasteiger partial charge is 0.0589 e. The molecule has 1 unspecified atom stereocenters. The molecule has 0 bridgehead atoms. The second kappa shape index (κ2) is 4.80. The van der Waals surface area contributed by atoms with Gasteiger partial charge in [-0.3, -0.25) is 4.98 Å². The van der Waals surface area contributed by atoms with Gasteiger partial charge in [-0.25, -0.2) is 0 Å². The number of hydrogen-bond acceptors (Lipinski definition) is 2. The van der Waals surface area contributed by atoms with Crippen LogP contribution >= 0.6 is 24.0 Å². The molecule has 1 aromatic heterocycles. The molecule has 0 spiro atoms. The van der Waals surface area contributed by atoms with Gasteiger partial charge in [0.2, 0.25) is 0 Å². The second-order valence-electron chi connectivity index (χ2n) is 3.09. The van der Waals surface area contributed by atoms with Gasteiger partial charge in [0.05, 0.1) is 5.02 Å². The standard InChI is InChI=1S/C9H11ClN2.ClH/c10-8-1-2-9(12-6-8)7-3-4-11-5-7;/h1-2,6-7,11H,3-5H2;1H. The Morgan fingerprint density at radius 1 is 1.46 bits per heavy atom. The van der Waals surface area contributed by atoms with Crippen molar-refractivity contribution >= 4 is 24.0 Å². The quantitative estimate of drug-likeness (QED) is 0.783. The Morgan fingerprint density at radius 2 is 2.31 bits per heavy atom. The molecule has 1 aliphatic heterocycles. The summed E-state index contributed by atoms with van der Waals surface area (Å²) in [5, 5.41) is 4.03. The van der Waals surface area contributed by atoms with E-state index in [-0.39, 0.29) is 12.4 Å². The Labute approximate surface area is 89.1 Å². The molecule has 1 fully saturated rings. The van der Waals surface area contributed by atoms with Crippen LogP contribution in [0.25, 0.3) is 0 Å². The van der Waals surface area contributed by atoms with Crippen LogP contribution in [0.15, 0.2) is 18.3 Å². The highest BCUT2D eigenvalue weighted by Gasteiger charge is 2.16. The monoisotopic (exact) mass is 218 g/mol. The van der Waals surface area contributed by atoms with Crippen LogP contribution in [-0.4, -0.2) is 18.1 Å². The number of aromatic nitrogens is 1. The van der Waals surface area contributed by atoms with Crippen LogP contribution in [0.3, 0.4) is 0 Å². The van der Waals surface area contributed by atoms with Crippen LogP contribution in [-0.2, 0) is 0 Å². The molecule has 0 aromatic carbocycles. The van der Waals surface area contributed by atoms with E-state index in [0.717, 1.165) is 18.8 Å². The summed E-state index contributed by atoms with van der Waals surface area (Å²) in [7, 11) is 0. The third kappa shape index (κ3) is 2.56. The fraction of sp³-hybridized carbons (Fsp3) is 0.444. The van der Waals surface area contributed by atoms with Gasteiger partial charge in [-0.1, -0.05) is 11.6 Å². The first-order valence-electron chi connectivity index (χ1n) is 4.18. The Balaban J connectivity index is 0.000000845. The molecule has 72 valence electrons. The first-order valence-corrected chi connectivity index (χ1v) is 4.56. The molecule has 2 heterocycles. The average molecular weight is 219 g/mol. The van der Waals surface area contributed by atoms with E-state index < -0.39 is 0 Å². The molecular formula is C9H12Cl2N2. The molecule has 0 radical (unpaired) electrons. The molecule has 4 heteroatoms. The average Bonchev–Trinajstić information content (AvgIpc) is 2.58. The van der Waals surface area contributed by atoms with Crippen LogP contribution in [0.5, 0.6) is 0 Å². The normalized spacial score (nSPS) is 21.2. The molecule has 1 aliphatic rings. The van der Waals surface area contributed by atoms with E-state index >= 15 is 0 Å². The van der Waals surface area contributed by atoms with Gasteiger partial charge in [-0.05, 0) is 25.1 Å². The Kier molecular flexibility index (Phi) is 3.97. The van der Waals surface area contributed by atoms with E-state index in [1.807, 2.05) is 12.1 Å². The Bertz CT molecular complexity index is 255. The summed E-state index contributed by atoms with van der Waals surface area (Å²) in [6.45, 7) is 2.16. The van der Waals surface area contributed by atoms with Gasteiger partial charge < -0.3 is 5.32 Å². The van der Waals surface area contributed by atoms with Crippen molar-refractivity contribution in [2.75, 3.05) is 13.1 Å². The zero-order valence-electron chi connectivity index (χ0n) is 7.16. The molecule has 0 amide bonds. The van der Waals surface area contributed by atoms with Gasteiger partial charge in [0.25, 0.3) is 0 Å². The van der Waals surface area contributed by atoms with Crippen molar-refractivity contribution in [3.63, 3.8) is 0 Å². The highest BCUT2D eigenvalue weighted by Crippen LogP contribution is 2.20. The highest BCUT2D eigenvalue weighted by atomic mass is 35.5. The lowest BCUT2D eigenvalue weighted by Crippen LogP contribution is -2.08. The molecule has 0 aliphatic carbocycles. The number of pyridine rings is 1. The Morgan fingerprint density at radius 3 is 2.85 bits per heavy atom. The maximum Gasteiger partial charge on any atom is 0.0589 e. The summed E-state index contributed by atoms with van der Waals surface area (Å²) in [6, 6.07) is 3.92. The van der Waals surface area contributed by atoms with Crippen molar-refractivity contribution in [3.8, 4) is 0 Å². The zero-order chi connectivity index (χ0) is 8.39. The van der Waals surface area contributed by atoms with E-state index in [1.165, 1.54) is 6.42 Å². The van der Waals surface area contributed by atoms with Crippen LogP contribution in [0.1, 0.15) is 18.0 Å². The largest absolute Gasteiger partial charge is 0.316 e. The molecule has 1 N–H and O–H groups in total. The third-order valence-electron chi connectivity index (χ3n) is 2.23. The summed E-state index contributed by atoms with van der Waals surface area (Å²) in [5.41, 5.74) is 1.16. The van der Waals surface area contributed by atoms with Gasteiger partial charge >= 0.3 is 0 Å². The maximum absolute atomic E-state index is 5.74. The minimum Gasteiger partial charge on any atom is -0.316 e. The fourth-order valence-corrected chi connectivity index (χ4v) is 1.65.